The minimum absolute atomic E-state index is 0.177. The molecule has 2 heterocycles. The summed E-state index contributed by atoms with van der Waals surface area (Å²) in [7, 11) is -1.85. The second-order valence-electron chi connectivity index (χ2n) is 8.03. The van der Waals surface area contributed by atoms with E-state index in [1.54, 1.807) is 48.3 Å². The van der Waals surface area contributed by atoms with Crippen molar-refractivity contribution in [3.05, 3.63) is 83.2 Å². The van der Waals surface area contributed by atoms with Crippen LogP contribution in [0.2, 0.25) is 5.02 Å². The summed E-state index contributed by atoms with van der Waals surface area (Å²) >= 11 is 5.86. The highest BCUT2D eigenvalue weighted by Gasteiger charge is 2.33. The highest BCUT2D eigenvalue weighted by atomic mass is 35.5. The van der Waals surface area contributed by atoms with Gasteiger partial charge >= 0.3 is 0 Å². The summed E-state index contributed by atoms with van der Waals surface area (Å²) in [5.74, 6) is -0.396. The summed E-state index contributed by atoms with van der Waals surface area (Å²) in [4.78, 5) is 17.6. The number of aromatic nitrogens is 2. The number of carbonyl (C=O) groups is 1. The molecular weight excluding hydrogens is 467 g/mol. The van der Waals surface area contributed by atoms with Gasteiger partial charge in [0.25, 0.3) is 0 Å². The van der Waals surface area contributed by atoms with Crippen molar-refractivity contribution in [3.8, 4) is 0 Å². The minimum atomic E-state index is -3.65. The molecule has 1 N–H and O–H groups in total. The average Bonchev–Trinajstić information content (AvgIpc) is 3.23. The van der Waals surface area contributed by atoms with E-state index in [9.17, 15) is 17.6 Å². The molecule has 0 spiro atoms. The van der Waals surface area contributed by atoms with Crippen LogP contribution in [0.25, 0.3) is 0 Å². The molecule has 1 fully saturated rings. The first-order chi connectivity index (χ1) is 15.8. The number of nitrogens with one attached hydrogen (secondary N) is 1. The molecule has 0 aliphatic carbocycles. The molecule has 1 amide bonds. The molecule has 33 heavy (non-hydrogen) atoms. The number of aryl methyl sites for hydroxylation is 1. The Morgan fingerprint density at radius 1 is 1.18 bits per heavy atom. The Kier molecular flexibility index (Phi) is 6.83. The molecule has 1 saturated heterocycles. The van der Waals surface area contributed by atoms with E-state index >= 15 is 0 Å². The summed E-state index contributed by atoms with van der Waals surface area (Å²) in [6.45, 7) is 0.464. The number of halogens is 2. The zero-order chi connectivity index (χ0) is 23.6. The van der Waals surface area contributed by atoms with Crippen LogP contribution < -0.4 is 5.32 Å². The van der Waals surface area contributed by atoms with E-state index < -0.39 is 21.9 Å². The standard InChI is InChI=1S/C23H24ClFN4O3S/c1-28-14-11-26-22(28)21(17-3-2-4-19(25)15-17)27-23(30)16-9-12-29(13-10-16)33(31,32)20-7-5-18(24)6-8-20/h2-8,11,14-16,21H,9-10,12-13H2,1H3,(H,27,30). The third-order valence-corrected chi connectivity index (χ3v) is 8.03. The summed E-state index contributed by atoms with van der Waals surface area (Å²) < 4.78 is 42.8. The number of imidazole rings is 1. The fourth-order valence-corrected chi connectivity index (χ4v) is 5.61. The Hall–Kier alpha value is -2.75. The van der Waals surface area contributed by atoms with E-state index in [0.29, 0.717) is 29.3 Å². The Bertz CT molecular complexity index is 1240. The number of carbonyl (C=O) groups excluding carboxylic acids is 1. The van der Waals surface area contributed by atoms with Gasteiger partial charge in [-0.3, -0.25) is 4.79 Å². The number of rotatable bonds is 6. The number of hydrogen-bond donors (Lipinski definition) is 1. The molecule has 0 bridgehead atoms. The summed E-state index contributed by atoms with van der Waals surface area (Å²) in [5.41, 5.74) is 0.584. The van der Waals surface area contributed by atoms with Crippen molar-refractivity contribution < 1.29 is 17.6 Å². The maximum atomic E-state index is 13.9. The van der Waals surface area contributed by atoms with Crippen LogP contribution in [-0.2, 0) is 21.9 Å². The van der Waals surface area contributed by atoms with Crippen LogP contribution in [0.1, 0.15) is 30.3 Å². The maximum Gasteiger partial charge on any atom is 0.243 e. The van der Waals surface area contributed by atoms with Crippen LogP contribution >= 0.6 is 11.6 Å². The third kappa shape index (κ3) is 5.10. The zero-order valence-corrected chi connectivity index (χ0v) is 19.6. The second kappa shape index (κ2) is 9.62. The Morgan fingerprint density at radius 2 is 1.88 bits per heavy atom. The normalized spacial score (nSPS) is 16.5. The van der Waals surface area contributed by atoms with Gasteiger partial charge in [-0.2, -0.15) is 4.31 Å². The van der Waals surface area contributed by atoms with Gasteiger partial charge in [-0.25, -0.2) is 17.8 Å². The van der Waals surface area contributed by atoms with E-state index in [2.05, 4.69) is 10.3 Å². The van der Waals surface area contributed by atoms with Crippen LogP contribution in [0.3, 0.4) is 0 Å². The minimum Gasteiger partial charge on any atom is -0.342 e. The topological polar surface area (TPSA) is 84.3 Å². The van der Waals surface area contributed by atoms with Crippen molar-refractivity contribution in [1.29, 1.82) is 0 Å². The second-order valence-corrected chi connectivity index (χ2v) is 10.4. The van der Waals surface area contributed by atoms with Crippen molar-refractivity contribution >= 4 is 27.5 Å². The smallest absolute Gasteiger partial charge is 0.243 e. The largest absolute Gasteiger partial charge is 0.342 e. The molecule has 1 aliphatic heterocycles. The molecule has 7 nitrogen and oxygen atoms in total. The molecule has 1 aromatic heterocycles. The van der Waals surface area contributed by atoms with Gasteiger partial charge in [0.05, 0.1) is 4.90 Å². The van der Waals surface area contributed by atoms with Crippen molar-refractivity contribution in [2.24, 2.45) is 13.0 Å². The van der Waals surface area contributed by atoms with E-state index in [-0.39, 0.29) is 29.8 Å². The van der Waals surface area contributed by atoms with E-state index in [1.807, 2.05) is 0 Å². The monoisotopic (exact) mass is 490 g/mol. The number of amides is 1. The van der Waals surface area contributed by atoms with Crippen molar-refractivity contribution in [2.45, 2.75) is 23.8 Å². The summed E-state index contributed by atoms with van der Waals surface area (Å²) in [6, 6.07) is 11.5. The van der Waals surface area contributed by atoms with E-state index in [4.69, 9.17) is 11.6 Å². The molecule has 0 radical (unpaired) electrons. The number of piperidine rings is 1. The molecule has 0 saturated carbocycles. The fourth-order valence-electron chi connectivity index (χ4n) is 4.01. The molecule has 2 aromatic carbocycles. The lowest BCUT2D eigenvalue weighted by Gasteiger charge is -2.31. The molecule has 4 rings (SSSR count). The lowest BCUT2D eigenvalue weighted by Crippen LogP contribution is -2.44. The van der Waals surface area contributed by atoms with Gasteiger partial charge in [0, 0.05) is 43.5 Å². The molecule has 1 atom stereocenters. The predicted octanol–water partition coefficient (Wildman–Crippen LogP) is 3.52. The fraction of sp³-hybridized carbons (Fsp3) is 0.304. The highest BCUT2D eigenvalue weighted by Crippen LogP contribution is 2.27. The molecule has 1 aliphatic rings. The maximum absolute atomic E-state index is 13.9. The molecule has 3 aromatic rings. The van der Waals surface area contributed by atoms with Gasteiger partial charge in [0.1, 0.15) is 17.7 Å². The van der Waals surface area contributed by atoms with Gasteiger partial charge in [0.2, 0.25) is 15.9 Å². The zero-order valence-electron chi connectivity index (χ0n) is 18.0. The Morgan fingerprint density at radius 3 is 2.48 bits per heavy atom. The first-order valence-corrected chi connectivity index (χ1v) is 12.4. The molecule has 174 valence electrons. The average molecular weight is 491 g/mol. The molecule has 10 heteroatoms. The van der Waals surface area contributed by atoms with Crippen LogP contribution in [0.15, 0.2) is 65.8 Å². The number of sulfonamides is 1. The van der Waals surface area contributed by atoms with Crippen LogP contribution in [0.4, 0.5) is 4.39 Å². The summed E-state index contributed by atoms with van der Waals surface area (Å²) in [6.07, 6.45) is 4.14. The number of nitrogens with zero attached hydrogens (tertiary/aromatic N) is 3. The lowest BCUT2D eigenvalue weighted by atomic mass is 9.96. The number of benzene rings is 2. The van der Waals surface area contributed by atoms with Crippen molar-refractivity contribution in [3.63, 3.8) is 0 Å². The summed E-state index contributed by atoms with van der Waals surface area (Å²) in [5, 5.41) is 3.46. The van der Waals surface area contributed by atoms with Gasteiger partial charge < -0.3 is 9.88 Å². The van der Waals surface area contributed by atoms with Crippen LogP contribution in [0, 0.1) is 11.7 Å². The Balaban J connectivity index is 1.46. The first-order valence-electron chi connectivity index (χ1n) is 10.5. The van der Waals surface area contributed by atoms with E-state index in [1.165, 1.54) is 28.6 Å². The SMILES string of the molecule is Cn1ccnc1C(NC(=O)C1CCN(S(=O)(=O)c2ccc(Cl)cc2)CC1)c1cccc(F)c1. The third-order valence-electron chi connectivity index (χ3n) is 5.86. The quantitative estimate of drug-likeness (QED) is 0.573. The van der Waals surface area contributed by atoms with Crippen LogP contribution in [0.5, 0.6) is 0 Å². The van der Waals surface area contributed by atoms with Gasteiger partial charge in [0.15, 0.2) is 0 Å². The highest BCUT2D eigenvalue weighted by molar-refractivity contribution is 7.89. The van der Waals surface area contributed by atoms with E-state index in [0.717, 1.165) is 0 Å². The predicted molar refractivity (Wildman–Crippen MR) is 123 cm³/mol. The number of hydrogen-bond acceptors (Lipinski definition) is 4. The first kappa shape index (κ1) is 23.4. The van der Waals surface area contributed by atoms with Crippen molar-refractivity contribution in [1.82, 2.24) is 19.2 Å². The Labute approximate surface area is 197 Å². The van der Waals surface area contributed by atoms with Gasteiger partial charge in [-0.15, -0.1) is 0 Å². The molecular formula is C23H24ClFN4O3S. The van der Waals surface area contributed by atoms with Crippen LogP contribution in [-0.4, -0.2) is 41.3 Å². The van der Waals surface area contributed by atoms with Gasteiger partial charge in [-0.1, -0.05) is 23.7 Å². The lowest BCUT2D eigenvalue weighted by molar-refractivity contribution is -0.126. The molecule has 1 unspecified atom stereocenters. The van der Waals surface area contributed by atoms with Gasteiger partial charge in [-0.05, 0) is 54.8 Å². The van der Waals surface area contributed by atoms with Crippen molar-refractivity contribution in [2.75, 3.05) is 13.1 Å².